The highest BCUT2D eigenvalue weighted by Crippen LogP contribution is 2.34. The molecule has 1 fully saturated rings. The lowest BCUT2D eigenvalue weighted by atomic mass is 9.81. The molecule has 0 N–H and O–H groups in total. The van der Waals surface area contributed by atoms with Crippen molar-refractivity contribution in [2.45, 2.75) is 56.9 Å². The minimum Gasteiger partial charge on any atom is -0.343 e. The van der Waals surface area contributed by atoms with E-state index in [2.05, 4.69) is 30.3 Å². The molecule has 1 saturated carbocycles. The molecule has 162 valence electrons. The van der Waals surface area contributed by atoms with E-state index >= 15 is 0 Å². The molecule has 0 spiro atoms. The van der Waals surface area contributed by atoms with Crippen LogP contribution in [0.4, 0.5) is 5.69 Å². The van der Waals surface area contributed by atoms with Crippen LogP contribution in [0.5, 0.6) is 0 Å². The van der Waals surface area contributed by atoms with Crippen LogP contribution in [0, 0.1) is 11.3 Å². The molecule has 0 heterocycles. The van der Waals surface area contributed by atoms with Gasteiger partial charge >= 0.3 is 0 Å². The number of nitrogens with zero attached hydrogens (tertiary/aromatic N) is 3. The lowest BCUT2D eigenvalue weighted by molar-refractivity contribution is -0.134. The van der Waals surface area contributed by atoms with E-state index in [0.29, 0.717) is 12.5 Å². The summed E-state index contributed by atoms with van der Waals surface area (Å²) in [6, 6.07) is 22.3. The maximum atomic E-state index is 12.8. The summed E-state index contributed by atoms with van der Waals surface area (Å²) in [6.07, 6.45) is 4.77. The maximum Gasteiger partial charge on any atom is 0.227 e. The number of rotatable bonds is 8. The minimum absolute atomic E-state index is 0.0183. The van der Waals surface area contributed by atoms with Crippen LogP contribution in [-0.2, 0) is 9.59 Å². The van der Waals surface area contributed by atoms with Gasteiger partial charge in [0, 0.05) is 38.2 Å². The predicted molar refractivity (Wildman–Crippen MR) is 122 cm³/mol. The zero-order chi connectivity index (χ0) is 22.1. The van der Waals surface area contributed by atoms with Crippen molar-refractivity contribution in [3.05, 3.63) is 66.2 Å². The Morgan fingerprint density at radius 3 is 2.10 bits per heavy atom. The van der Waals surface area contributed by atoms with E-state index in [4.69, 9.17) is 5.26 Å². The van der Waals surface area contributed by atoms with E-state index in [1.54, 1.807) is 4.90 Å². The first-order valence-electron chi connectivity index (χ1n) is 11.1. The molecule has 0 bridgehead atoms. The Bertz CT molecular complexity index is 884. The van der Waals surface area contributed by atoms with Crippen LogP contribution in [0.15, 0.2) is 60.7 Å². The first-order chi connectivity index (χ1) is 15.1. The number of carbonyl (C=O) groups is 2. The molecule has 1 aliphatic rings. The SMILES string of the molecule is CN(C(=O)CCC(=O)N(CCC#N)c1ccccc1)C1CCC(c2ccccc2)CC1. The summed E-state index contributed by atoms with van der Waals surface area (Å²) in [4.78, 5) is 29.0. The van der Waals surface area contributed by atoms with E-state index in [1.807, 2.05) is 48.3 Å². The fourth-order valence-corrected chi connectivity index (χ4v) is 4.42. The molecule has 0 saturated heterocycles. The molecule has 3 rings (SSSR count). The third-order valence-electron chi connectivity index (χ3n) is 6.28. The van der Waals surface area contributed by atoms with Crippen molar-refractivity contribution in [1.29, 1.82) is 5.26 Å². The molecule has 0 radical (unpaired) electrons. The van der Waals surface area contributed by atoms with Gasteiger partial charge in [0.2, 0.25) is 11.8 Å². The number of amides is 2. The van der Waals surface area contributed by atoms with E-state index < -0.39 is 0 Å². The number of benzene rings is 2. The summed E-state index contributed by atoms with van der Waals surface area (Å²) >= 11 is 0. The normalized spacial score (nSPS) is 18.1. The number of anilines is 1. The van der Waals surface area contributed by atoms with Crippen molar-refractivity contribution < 1.29 is 9.59 Å². The second kappa shape index (κ2) is 11.3. The summed E-state index contributed by atoms with van der Waals surface area (Å²) in [7, 11) is 1.87. The van der Waals surface area contributed by atoms with Crippen molar-refractivity contribution in [2.24, 2.45) is 0 Å². The van der Waals surface area contributed by atoms with Crippen molar-refractivity contribution in [1.82, 2.24) is 4.90 Å². The molecular formula is C26H31N3O2. The number of para-hydroxylation sites is 1. The fraction of sp³-hybridized carbons (Fsp3) is 0.423. The summed E-state index contributed by atoms with van der Waals surface area (Å²) in [6.45, 7) is 0.340. The lowest BCUT2D eigenvalue weighted by Crippen LogP contribution is -2.40. The molecule has 31 heavy (non-hydrogen) atoms. The maximum absolute atomic E-state index is 12.8. The van der Waals surface area contributed by atoms with Gasteiger partial charge in [-0.1, -0.05) is 48.5 Å². The van der Waals surface area contributed by atoms with Gasteiger partial charge in [-0.2, -0.15) is 5.26 Å². The Kier molecular flexibility index (Phi) is 8.23. The number of carbonyl (C=O) groups excluding carboxylic acids is 2. The van der Waals surface area contributed by atoms with E-state index in [1.165, 1.54) is 5.56 Å². The summed E-state index contributed by atoms with van der Waals surface area (Å²) in [5, 5.41) is 8.92. The van der Waals surface area contributed by atoms with Crippen LogP contribution in [0.2, 0.25) is 0 Å². The van der Waals surface area contributed by atoms with Crippen molar-refractivity contribution in [3.63, 3.8) is 0 Å². The molecule has 5 heteroatoms. The molecule has 2 aromatic rings. The first kappa shape index (κ1) is 22.6. The Morgan fingerprint density at radius 2 is 1.48 bits per heavy atom. The Labute approximate surface area is 185 Å². The molecule has 2 aromatic carbocycles. The average molecular weight is 418 g/mol. The smallest absolute Gasteiger partial charge is 0.227 e. The topological polar surface area (TPSA) is 64.4 Å². The van der Waals surface area contributed by atoms with Crippen LogP contribution < -0.4 is 4.90 Å². The fourth-order valence-electron chi connectivity index (χ4n) is 4.42. The highest BCUT2D eigenvalue weighted by atomic mass is 16.2. The minimum atomic E-state index is -0.115. The van der Waals surface area contributed by atoms with Gasteiger partial charge in [0.05, 0.1) is 12.5 Å². The van der Waals surface area contributed by atoms with Gasteiger partial charge in [-0.05, 0) is 49.3 Å². The van der Waals surface area contributed by atoms with E-state index in [9.17, 15) is 9.59 Å². The Hall–Kier alpha value is -3.13. The summed E-state index contributed by atoms with van der Waals surface area (Å²) in [5.41, 5.74) is 2.15. The Morgan fingerprint density at radius 1 is 0.903 bits per heavy atom. The molecule has 0 aliphatic heterocycles. The van der Waals surface area contributed by atoms with Gasteiger partial charge < -0.3 is 9.80 Å². The summed E-state index contributed by atoms with van der Waals surface area (Å²) in [5.74, 6) is 0.475. The second-order valence-corrected chi connectivity index (χ2v) is 8.21. The number of hydrogen-bond donors (Lipinski definition) is 0. The zero-order valence-corrected chi connectivity index (χ0v) is 18.2. The van der Waals surface area contributed by atoms with Crippen LogP contribution in [-0.4, -0.2) is 36.3 Å². The van der Waals surface area contributed by atoms with Crippen molar-refractivity contribution in [2.75, 3.05) is 18.5 Å². The highest BCUT2D eigenvalue weighted by Gasteiger charge is 2.27. The average Bonchev–Trinajstić information content (AvgIpc) is 2.83. The molecule has 5 nitrogen and oxygen atoms in total. The molecule has 2 amide bonds. The van der Waals surface area contributed by atoms with Crippen molar-refractivity contribution in [3.8, 4) is 6.07 Å². The third-order valence-corrected chi connectivity index (χ3v) is 6.28. The molecule has 0 aromatic heterocycles. The summed E-state index contributed by atoms with van der Waals surface area (Å²) < 4.78 is 0. The highest BCUT2D eigenvalue weighted by molar-refractivity contribution is 5.95. The van der Waals surface area contributed by atoms with Crippen LogP contribution in [0.1, 0.15) is 56.4 Å². The van der Waals surface area contributed by atoms with Gasteiger partial charge in [0.25, 0.3) is 0 Å². The molecule has 0 unspecified atom stereocenters. The largest absolute Gasteiger partial charge is 0.343 e. The molecule has 1 aliphatic carbocycles. The van der Waals surface area contributed by atoms with Gasteiger partial charge in [-0.25, -0.2) is 0 Å². The van der Waals surface area contributed by atoms with E-state index in [-0.39, 0.29) is 37.1 Å². The van der Waals surface area contributed by atoms with Gasteiger partial charge in [-0.3, -0.25) is 9.59 Å². The number of hydrogen-bond acceptors (Lipinski definition) is 3. The van der Waals surface area contributed by atoms with Crippen LogP contribution >= 0.6 is 0 Å². The monoisotopic (exact) mass is 417 g/mol. The van der Waals surface area contributed by atoms with Gasteiger partial charge in [0.1, 0.15) is 0 Å². The Balaban J connectivity index is 1.50. The van der Waals surface area contributed by atoms with Gasteiger partial charge in [0.15, 0.2) is 0 Å². The second-order valence-electron chi connectivity index (χ2n) is 8.21. The quantitative estimate of drug-likeness (QED) is 0.614. The van der Waals surface area contributed by atoms with Crippen molar-refractivity contribution >= 4 is 17.5 Å². The number of nitriles is 1. The third kappa shape index (κ3) is 6.18. The van der Waals surface area contributed by atoms with E-state index in [0.717, 1.165) is 31.4 Å². The lowest BCUT2D eigenvalue weighted by Gasteiger charge is -2.35. The molecule has 0 atom stereocenters. The predicted octanol–water partition coefficient (Wildman–Crippen LogP) is 4.90. The van der Waals surface area contributed by atoms with Gasteiger partial charge in [-0.15, -0.1) is 0 Å². The van der Waals surface area contributed by atoms with Crippen LogP contribution in [0.3, 0.4) is 0 Å². The van der Waals surface area contributed by atoms with Crippen LogP contribution in [0.25, 0.3) is 0 Å². The molecular weight excluding hydrogens is 386 g/mol. The first-order valence-corrected chi connectivity index (χ1v) is 11.1. The zero-order valence-electron chi connectivity index (χ0n) is 18.2. The standard InChI is InChI=1S/C26H31N3O2/c1-28(23-15-13-22(14-16-23)21-9-4-2-5-10-21)25(30)17-18-26(31)29(20-8-19-27)24-11-6-3-7-12-24/h2-7,9-12,22-23H,8,13-18,20H2,1H3.